The first-order chi connectivity index (χ1) is 66.5. The van der Waals surface area contributed by atoms with E-state index in [2.05, 4.69) is 114 Å². The minimum absolute atomic E-state index is 0.00927. The number of para-hydroxylation sites is 1. The van der Waals surface area contributed by atoms with E-state index in [1.54, 1.807) is 48.5 Å². The Labute approximate surface area is 819 Å². The monoisotopic (exact) mass is 1920 g/mol. The number of nitrogens with one attached hydrogen (secondary N) is 6. The molecule has 1 saturated carbocycles. The van der Waals surface area contributed by atoms with Crippen LogP contribution in [0.25, 0.3) is 0 Å². The van der Waals surface area contributed by atoms with Crippen molar-refractivity contribution >= 4 is 82.3 Å². The van der Waals surface area contributed by atoms with Crippen molar-refractivity contribution in [2.75, 3.05) is 81.2 Å². The largest absolute Gasteiger partial charge is 0.493 e. The standard InChI is InChI=1S/C20H23NO3.C19H23NO4.C18H20ClNO3.C18H20FNO3.C18H21NO4.C18H21NO3/c1-13-7-10-19(14(2)11-13)24-12-17-16(15-8-9-15)5-4-6-18(17)21-20(22)23-3;1-5-23-18-8-6-7-16(20-19(21)22-4)15(18)12-24-17-10-9-13(2)11-14(17)3;2*1-11-8-13(3)17(9-12(11)2)23-10-14-15(19)6-5-7-16(14)20-18(21)22-4;1-12-7-8-17(13(2)9-12)23-11-15-14(10-20)5-4-6-16(15)19-18(21)22-3;1-12-9-14(3)17(10-13(12)2)22-11-15-7-5-6-8-16(15)19-18(20)21-4/h4-7,10-11,15H,8-9,12H2,1-3H3,(H,21,22);6-11H,5,12H2,1-4H3,(H,20,21);2*5-9H,10H2,1-4H3,(H,20,21);4-9,20H,10-11H2,1-3H3,(H,19,21);5-10H,11H2,1-4H3,(H,19,20). The van der Waals surface area contributed by atoms with E-state index in [1.807, 2.05) is 198 Å². The number of aliphatic hydroxyl groups is 1. The van der Waals surface area contributed by atoms with Gasteiger partial charge in [0.2, 0.25) is 0 Å². The molecule has 12 aromatic carbocycles. The third-order valence-corrected chi connectivity index (χ3v) is 22.9. The van der Waals surface area contributed by atoms with Gasteiger partial charge in [0.1, 0.15) is 85.7 Å². The fourth-order valence-electron chi connectivity index (χ4n) is 14.3. The van der Waals surface area contributed by atoms with Crippen LogP contribution in [0.15, 0.2) is 206 Å². The van der Waals surface area contributed by atoms with Crippen LogP contribution in [0.1, 0.15) is 154 Å². The Balaban J connectivity index is 0.000000205. The van der Waals surface area contributed by atoms with Crippen LogP contribution in [-0.4, -0.2) is 90.9 Å². The van der Waals surface area contributed by atoms with Gasteiger partial charge >= 0.3 is 36.6 Å². The minimum Gasteiger partial charge on any atom is -0.493 e. The Morgan fingerprint density at radius 3 is 1.01 bits per heavy atom. The number of halogens is 2. The maximum Gasteiger partial charge on any atom is 0.411 e. The van der Waals surface area contributed by atoms with Crippen LogP contribution in [0, 0.1) is 110 Å². The highest BCUT2D eigenvalue weighted by Crippen LogP contribution is 2.44. The molecule has 1 aliphatic carbocycles. The Morgan fingerprint density at radius 2 is 0.597 bits per heavy atom. The van der Waals surface area contributed by atoms with E-state index in [4.69, 9.17) is 49.5 Å². The summed E-state index contributed by atoms with van der Waals surface area (Å²) in [6.45, 7) is 34.3. The molecule has 0 saturated heterocycles. The van der Waals surface area contributed by atoms with Crippen LogP contribution in [0.2, 0.25) is 5.02 Å². The summed E-state index contributed by atoms with van der Waals surface area (Å²) in [7, 11) is 7.90. The van der Waals surface area contributed by atoms with Gasteiger partial charge in [0, 0.05) is 32.8 Å². The molecule has 13 rings (SSSR count). The molecule has 0 spiro atoms. The number of methoxy groups -OCH3 is 6. The molecule has 1 fully saturated rings. The van der Waals surface area contributed by atoms with Crippen molar-refractivity contribution in [3.63, 3.8) is 0 Å². The number of hydrogen-bond acceptors (Lipinski definition) is 20. The Morgan fingerprint density at radius 1 is 0.295 bits per heavy atom. The summed E-state index contributed by atoms with van der Waals surface area (Å²) in [5.41, 5.74) is 26.9. The maximum absolute atomic E-state index is 14.1. The second kappa shape index (κ2) is 54.7. The lowest BCUT2D eigenvalue weighted by atomic mass is 10.0. The number of aryl methyl sites for hydroxylation is 15. The van der Waals surface area contributed by atoms with Gasteiger partial charge in [0.05, 0.1) is 95.6 Å². The summed E-state index contributed by atoms with van der Waals surface area (Å²) in [5, 5.41) is 26.0. The zero-order valence-electron chi connectivity index (χ0n) is 83.2. The molecular weight excluding hydrogens is 1790 g/mol. The fourth-order valence-corrected chi connectivity index (χ4v) is 14.5. The first kappa shape index (κ1) is 109. The van der Waals surface area contributed by atoms with Gasteiger partial charge in [-0.3, -0.25) is 31.9 Å². The summed E-state index contributed by atoms with van der Waals surface area (Å²) in [6.07, 6.45) is -0.860. The number of rotatable bonds is 28. The summed E-state index contributed by atoms with van der Waals surface area (Å²) in [4.78, 5) is 68.8. The van der Waals surface area contributed by atoms with Gasteiger partial charge in [-0.1, -0.05) is 144 Å². The van der Waals surface area contributed by atoms with Crippen LogP contribution in [-0.2, 0) is 74.7 Å². The molecule has 7 N–H and O–H groups in total. The third-order valence-electron chi connectivity index (χ3n) is 22.5. The number of carbonyl (C=O) groups excluding carboxylic acids is 6. The molecule has 0 unspecified atom stereocenters. The molecule has 0 bridgehead atoms. The summed E-state index contributed by atoms with van der Waals surface area (Å²) in [5.74, 6) is 5.60. The Hall–Kier alpha value is -15.0. The van der Waals surface area contributed by atoms with Gasteiger partial charge in [-0.05, 0) is 298 Å². The molecule has 0 heterocycles. The van der Waals surface area contributed by atoms with E-state index in [0.717, 1.165) is 101 Å². The zero-order chi connectivity index (χ0) is 102. The van der Waals surface area contributed by atoms with E-state index in [1.165, 1.54) is 112 Å². The van der Waals surface area contributed by atoms with Gasteiger partial charge in [-0.25, -0.2) is 33.2 Å². The molecule has 0 atom stereocenters. The minimum atomic E-state index is -0.654. The molecule has 1 aliphatic rings. The molecule has 0 aliphatic heterocycles. The van der Waals surface area contributed by atoms with Crippen molar-refractivity contribution in [3.05, 3.63) is 345 Å². The lowest BCUT2D eigenvalue weighted by Gasteiger charge is -2.17. The highest BCUT2D eigenvalue weighted by molar-refractivity contribution is 6.31. The number of aliphatic hydroxyl groups excluding tert-OH is 1. The van der Waals surface area contributed by atoms with Crippen molar-refractivity contribution < 1.29 is 99.8 Å². The smallest absolute Gasteiger partial charge is 0.411 e. The molecule has 28 heteroatoms. The molecule has 26 nitrogen and oxygen atoms in total. The van der Waals surface area contributed by atoms with Crippen molar-refractivity contribution in [1.29, 1.82) is 0 Å². The Bertz CT molecular complexity index is 6100. The van der Waals surface area contributed by atoms with Crippen molar-refractivity contribution in [3.8, 4) is 40.2 Å². The van der Waals surface area contributed by atoms with Crippen LogP contribution < -0.4 is 65.1 Å². The lowest BCUT2D eigenvalue weighted by molar-refractivity contribution is 0.186. The van der Waals surface area contributed by atoms with Gasteiger partial charge in [-0.15, -0.1) is 0 Å². The maximum atomic E-state index is 14.1. The predicted octanol–water partition coefficient (Wildman–Crippen LogP) is 26.9. The van der Waals surface area contributed by atoms with E-state index in [-0.39, 0.29) is 38.6 Å². The summed E-state index contributed by atoms with van der Waals surface area (Å²) >= 11 is 6.25. The summed E-state index contributed by atoms with van der Waals surface area (Å²) in [6, 6.07) is 64.3. The van der Waals surface area contributed by atoms with Gasteiger partial charge in [-0.2, -0.15) is 0 Å². The molecular formula is C111H128ClFN6O20. The van der Waals surface area contributed by atoms with Gasteiger partial charge in [0.15, 0.2) is 0 Å². The average Bonchev–Trinajstić information content (AvgIpc) is 1.66. The summed E-state index contributed by atoms with van der Waals surface area (Å²) < 4.78 is 83.1. The molecule has 736 valence electrons. The van der Waals surface area contributed by atoms with Crippen molar-refractivity contribution in [2.45, 2.75) is 176 Å². The van der Waals surface area contributed by atoms with Crippen LogP contribution >= 0.6 is 11.6 Å². The second-order valence-electron chi connectivity index (χ2n) is 33.0. The molecule has 12 aromatic rings. The number of ether oxygens (including phenoxy) is 13. The van der Waals surface area contributed by atoms with E-state index in [9.17, 15) is 38.3 Å². The second-order valence-corrected chi connectivity index (χ2v) is 33.4. The van der Waals surface area contributed by atoms with Gasteiger partial charge in [0.25, 0.3) is 0 Å². The molecule has 139 heavy (non-hydrogen) atoms. The van der Waals surface area contributed by atoms with E-state index < -0.39 is 42.4 Å². The SMILES string of the molecule is CCOc1cccc(NC(=O)OC)c1COc1ccc(C)cc1C.COC(=O)Nc1cccc(C2CC2)c1COc1ccc(C)cc1C.COC(=O)Nc1cccc(CO)c1COc1ccc(C)cc1C.COC(=O)Nc1cccc(Cl)c1COc1cc(C)c(C)cc1C.COC(=O)Nc1cccc(F)c1COc1cc(C)c(C)cc1C.COC(=O)Nc1ccccc1COc1cc(C)c(C)cc1C. The first-order valence-corrected chi connectivity index (χ1v) is 45.4. The fraction of sp³-hybridized carbons (Fsp3) is 0.297. The Kier molecular flexibility index (Phi) is 43.0. The highest BCUT2D eigenvalue weighted by atomic mass is 35.5. The normalized spacial score (nSPS) is 10.8. The van der Waals surface area contributed by atoms with Crippen LogP contribution in [0.5, 0.6) is 40.2 Å². The molecule has 0 aromatic heterocycles. The zero-order valence-corrected chi connectivity index (χ0v) is 84.0. The topological polar surface area (TPSA) is 315 Å². The van der Waals surface area contributed by atoms with E-state index in [0.29, 0.717) is 81.8 Å². The van der Waals surface area contributed by atoms with Crippen LogP contribution in [0.3, 0.4) is 0 Å². The number of amides is 6. The molecule has 6 amide bonds. The molecule has 0 radical (unpaired) electrons. The average molecular weight is 1920 g/mol. The lowest BCUT2D eigenvalue weighted by Crippen LogP contribution is -2.14. The number of benzene rings is 12. The van der Waals surface area contributed by atoms with Gasteiger partial charge < -0.3 is 66.7 Å². The number of anilines is 6. The van der Waals surface area contributed by atoms with E-state index >= 15 is 0 Å². The quantitative estimate of drug-likeness (QED) is 0.0224. The highest BCUT2D eigenvalue weighted by Gasteiger charge is 2.29. The third kappa shape index (κ3) is 33.8. The number of carbonyl (C=O) groups is 6. The van der Waals surface area contributed by atoms with Crippen molar-refractivity contribution in [2.24, 2.45) is 0 Å². The van der Waals surface area contributed by atoms with Crippen LogP contribution in [0.4, 0.5) is 67.3 Å². The first-order valence-electron chi connectivity index (χ1n) is 45.1. The van der Waals surface area contributed by atoms with Crippen molar-refractivity contribution in [1.82, 2.24) is 0 Å². The number of hydrogen-bond donors (Lipinski definition) is 7. The predicted molar refractivity (Wildman–Crippen MR) is 545 cm³/mol.